The molecule has 0 saturated carbocycles. The van der Waals surface area contributed by atoms with Gasteiger partial charge in [-0.2, -0.15) is 5.10 Å². The molecule has 0 unspecified atom stereocenters. The molecule has 3 heterocycles. The number of hydrogen-bond donors (Lipinski definition) is 0. The van der Waals surface area contributed by atoms with Crippen LogP contribution in [0.25, 0.3) is 5.69 Å². The Bertz CT molecular complexity index is 975. The van der Waals surface area contributed by atoms with Gasteiger partial charge in [-0.25, -0.2) is 4.68 Å². The SMILES string of the molecule is Cc1nn(-c2ccccc2)c2c1[C@@H]1c3ccccc3OC[C@@H]1C(C)(C)O2. The molecule has 2 aliphatic heterocycles. The largest absolute Gasteiger partial charge is 0.493 e. The monoisotopic (exact) mass is 346 g/mol. The molecule has 0 radical (unpaired) electrons. The van der Waals surface area contributed by atoms with Gasteiger partial charge in [0, 0.05) is 23.0 Å². The summed E-state index contributed by atoms with van der Waals surface area (Å²) in [6.45, 7) is 7.05. The molecule has 2 aliphatic rings. The van der Waals surface area contributed by atoms with Crippen molar-refractivity contribution in [2.24, 2.45) is 5.92 Å². The number of benzene rings is 2. The van der Waals surface area contributed by atoms with E-state index >= 15 is 0 Å². The maximum absolute atomic E-state index is 6.53. The Kier molecular flexibility index (Phi) is 3.20. The summed E-state index contributed by atoms with van der Waals surface area (Å²) in [4.78, 5) is 0. The predicted octanol–water partition coefficient (Wildman–Crippen LogP) is 4.49. The van der Waals surface area contributed by atoms with E-state index in [9.17, 15) is 0 Å². The van der Waals surface area contributed by atoms with Crippen LogP contribution in [0, 0.1) is 12.8 Å². The van der Waals surface area contributed by atoms with Crippen molar-refractivity contribution in [3.63, 3.8) is 0 Å². The normalized spacial score (nSPS) is 22.4. The molecule has 0 bridgehead atoms. The first kappa shape index (κ1) is 15.5. The third-order valence-electron chi connectivity index (χ3n) is 5.70. The van der Waals surface area contributed by atoms with Crippen LogP contribution >= 0.6 is 0 Å². The molecule has 0 N–H and O–H groups in total. The lowest BCUT2D eigenvalue weighted by Gasteiger charge is -2.46. The maximum atomic E-state index is 6.53. The van der Waals surface area contributed by atoms with Crippen LogP contribution in [0.15, 0.2) is 54.6 Å². The second kappa shape index (κ2) is 5.37. The summed E-state index contributed by atoms with van der Waals surface area (Å²) in [5, 5.41) is 4.84. The number of hydrogen-bond acceptors (Lipinski definition) is 3. The van der Waals surface area contributed by atoms with Crippen molar-refractivity contribution >= 4 is 0 Å². The van der Waals surface area contributed by atoms with E-state index in [1.165, 1.54) is 11.1 Å². The van der Waals surface area contributed by atoms with Crippen LogP contribution in [0.2, 0.25) is 0 Å². The van der Waals surface area contributed by atoms with E-state index in [4.69, 9.17) is 14.6 Å². The van der Waals surface area contributed by atoms with E-state index in [2.05, 4.69) is 51.1 Å². The third-order valence-corrected chi connectivity index (χ3v) is 5.70. The molecule has 26 heavy (non-hydrogen) atoms. The molecule has 132 valence electrons. The summed E-state index contributed by atoms with van der Waals surface area (Å²) in [5.41, 5.74) is 4.12. The molecule has 0 saturated heterocycles. The molecule has 2 atom stereocenters. The molecule has 0 fully saturated rings. The van der Waals surface area contributed by atoms with Crippen LogP contribution in [0.4, 0.5) is 0 Å². The fourth-order valence-corrected chi connectivity index (χ4v) is 4.36. The zero-order valence-corrected chi connectivity index (χ0v) is 15.3. The van der Waals surface area contributed by atoms with Crippen molar-refractivity contribution in [2.45, 2.75) is 32.3 Å². The molecule has 0 aliphatic carbocycles. The third kappa shape index (κ3) is 2.11. The summed E-state index contributed by atoms with van der Waals surface area (Å²) in [6.07, 6.45) is 0. The predicted molar refractivity (Wildman–Crippen MR) is 100 cm³/mol. The van der Waals surface area contributed by atoms with Crippen LogP contribution in [0.1, 0.15) is 36.6 Å². The fourth-order valence-electron chi connectivity index (χ4n) is 4.36. The maximum Gasteiger partial charge on any atom is 0.221 e. The van der Waals surface area contributed by atoms with E-state index in [-0.39, 0.29) is 17.4 Å². The highest BCUT2D eigenvalue weighted by atomic mass is 16.5. The lowest BCUT2D eigenvalue weighted by atomic mass is 9.70. The molecule has 3 aromatic rings. The van der Waals surface area contributed by atoms with Gasteiger partial charge in [0.25, 0.3) is 0 Å². The lowest BCUT2D eigenvalue weighted by Crippen LogP contribution is -2.49. The van der Waals surface area contributed by atoms with Gasteiger partial charge in [0.05, 0.1) is 18.0 Å². The van der Waals surface area contributed by atoms with Crippen molar-refractivity contribution in [3.05, 3.63) is 71.4 Å². The zero-order valence-electron chi connectivity index (χ0n) is 15.3. The molecule has 5 rings (SSSR count). The number of aryl methyl sites for hydroxylation is 1. The number of aromatic nitrogens is 2. The molecule has 4 nitrogen and oxygen atoms in total. The van der Waals surface area contributed by atoms with E-state index in [0.717, 1.165) is 23.0 Å². The molecule has 1 aromatic heterocycles. The number of nitrogens with zero attached hydrogens (tertiary/aromatic N) is 2. The van der Waals surface area contributed by atoms with Crippen molar-refractivity contribution in [3.8, 4) is 17.3 Å². The Morgan fingerprint density at radius 2 is 1.77 bits per heavy atom. The Hall–Kier alpha value is -2.75. The number of fused-ring (bicyclic) bond motifs is 5. The average Bonchev–Trinajstić information content (AvgIpc) is 2.97. The number of para-hydroxylation sites is 2. The second-order valence-electron chi connectivity index (χ2n) is 7.69. The number of ether oxygens (including phenoxy) is 2. The van der Waals surface area contributed by atoms with Gasteiger partial charge in [-0.1, -0.05) is 36.4 Å². The fraction of sp³-hybridized carbons (Fsp3) is 0.318. The quantitative estimate of drug-likeness (QED) is 0.651. The highest BCUT2D eigenvalue weighted by molar-refractivity contribution is 5.53. The Morgan fingerprint density at radius 3 is 2.58 bits per heavy atom. The molecule has 0 spiro atoms. The van der Waals surface area contributed by atoms with Crippen LogP contribution in [0.5, 0.6) is 11.6 Å². The van der Waals surface area contributed by atoms with Crippen LogP contribution in [-0.2, 0) is 0 Å². The van der Waals surface area contributed by atoms with Gasteiger partial charge in [-0.3, -0.25) is 0 Å². The van der Waals surface area contributed by atoms with Gasteiger partial charge in [0.15, 0.2) is 0 Å². The highest BCUT2D eigenvalue weighted by Crippen LogP contribution is 2.53. The standard InChI is InChI=1S/C22H22N2O2/c1-14-19-20-16-11-7-8-12-18(16)25-13-17(20)22(2,3)26-21(19)24(23-14)15-9-5-4-6-10-15/h4-12,17,20H,13H2,1-3H3/t17-,20+/m0/s1. The average molecular weight is 346 g/mol. The topological polar surface area (TPSA) is 36.3 Å². The van der Waals surface area contributed by atoms with E-state index in [0.29, 0.717) is 6.61 Å². The van der Waals surface area contributed by atoms with Crippen molar-refractivity contribution < 1.29 is 9.47 Å². The van der Waals surface area contributed by atoms with E-state index in [1.54, 1.807) is 0 Å². The summed E-state index contributed by atoms with van der Waals surface area (Å²) >= 11 is 0. The van der Waals surface area contributed by atoms with E-state index in [1.807, 2.05) is 28.9 Å². The minimum Gasteiger partial charge on any atom is -0.493 e. The summed E-state index contributed by atoms with van der Waals surface area (Å²) in [5.74, 6) is 2.31. The van der Waals surface area contributed by atoms with Gasteiger partial charge < -0.3 is 9.47 Å². The summed E-state index contributed by atoms with van der Waals surface area (Å²) in [6, 6.07) is 18.6. The molecular formula is C22H22N2O2. The summed E-state index contributed by atoms with van der Waals surface area (Å²) < 4.78 is 14.5. The minimum absolute atomic E-state index is 0.233. The smallest absolute Gasteiger partial charge is 0.221 e. The van der Waals surface area contributed by atoms with Gasteiger partial charge in [-0.15, -0.1) is 0 Å². The van der Waals surface area contributed by atoms with Crippen molar-refractivity contribution in [1.29, 1.82) is 0 Å². The van der Waals surface area contributed by atoms with Gasteiger partial charge in [0.1, 0.15) is 11.4 Å². The Morgan fingerprint density at radius 1 is 1.04 bits per heavy atom. The van der Waals surface area contributed by atoms with Crippen LogP contribution in [0.3, 0.4) is 0 Å². The van der Waals surface area contributed by atoms with E-state index < -0.39 is 0 Å². The first-order chi connectivity index (χ1) is 12.6. The lowest BCUT2D eigenvalue weighted by molar-refractivity contribution is -0.0186. The summed E-state index contributed by atoms with van der Waals surface area (Å²) in [7, 11) is 0. The van der Waals surface area contributed by atoms with Crippen LogP contribution in [-0.4, -0.2) is 22.0 Å². The Labute approximate surface area is 153 Å². The number of rotatable bonds is 1. The first-order valence-corrected chi connectivity index (χ1v) is 9.12. The molecule has 0 amide bonds. The van der Waals surface area contributed by atoms with Gasteiger partial charge >= 0.3 is 0 Å². The van der Waals surface area contributed by atoms with Crippen molar-refractivity contribution in [2.75, 3.05) is 6.61 Å². The van der Waals surface area contributed by atoms with Crippen molar-refractivity contribution in [1.82, 2.24) is 9.78 Å². The van der Waals surface area contributed by atoms with Gasteiger partial charge in [0.2, 0.25) is 5.88 Å². The van der Waals surface area contributed by atoms with Crippen LogP contribution < -0.4 is 9.47 Å². The minimum atomic E-state index is -0.343. The van der Waals surface area contributed by atoms with Gasteiger partial charge in [-0.05, 0) is 39.0 Å². The molecular weight excluding hydrogens is 324 g/mol. The first-order valence-electron chi connectivity index (χ1n) is 9.12. The molecule has 4 heteroatoms. The molecule has 2 aromatic carbocycles. The highest BCUT2D eigenvalue weighted by Gasteiger charge is 2.50. The Balaban J connectivity index is 1.76. The second-order valence-corrected chi connectivity index (χ2v) is 7.69. The zero-order chi connectivity index (χ0) is 17.9.